The first-order chi connectivity index (χ1) is 15.1. The van der Waals surface area contributed by atoms with Crippen molar-refractivity contribution < 1.29 is 9.59 Å². The molecule has 0 saturated carbocycles. The highest BCUT2D eigenvalue weighted by Crippen LogP contribution is 2.12. The molecule has 31 heavy (non-hydrogen) atoms. The van der Waals surface area contributed by atoms with Crippen molar-refractivity contribution in [1.29, 1.82) is 0 Å². The summed E-state index contributed by atoms with van der Waals surface area (Å²) in [6.07, 6.45) is 15.2. The minimum atomic E-state index is 0.298. The van der Waals surface area contributed by atoms with Crippen LogP contribution in [0.4, 0.5) is 0 Å². The topological polar surface area (TPSA) is 40.6 Å². The highest BCUT2D eigenvalue weighted by atomic mass is 32.2. The number of unbranched alkanes of at least 4 members (excludes halogenated alkanes) is 8. The van der Waals surface area contributed by atoms with Gasteiger partial charge >= 0.3 is 0 Å². The van der Waals surface area contributed by atoms with Crippen LogP contribution in [0.1, 0.15) is 118 Å². The van der Waals surface area contributed by atoms with E-state index in [0.717, 1.165) is 63.4 Å². The molecule has 5 heteroatoms. The zero-order valence-electron chi connectivity index (χ0n) is 21.3. The van der Waals surface area contributed by atoms with E-state index in [4.69, 9.17) is 0 Å². The normalized spacial score (nSPS) is 11.0. The molecule has 4 nitrogen and oxygen atoms in total. The van der Waals surface area contributed by atoms with Gasteiger partial charge in [0, 0.05) is 50.5 Å². The molecule has 184 valence electrons. The summed E-state index contributed by atoms with van der Waals surface area (Å²) >= 11 is 1.76. The van der Waals surface area contributed by atoms with Crippen LogP contribution in [-0.4, -0.2) is 59.3 Å². The van der Waals surface area contributed by atoms with Crippen LogP contribution in [-0.2, 0) is 9.59 Å². The Labute approximate surface area is 198 Å². The van der Waals surface area contributed by atoms with Crippen molar-refractivity contribution >= 4 is 23.6 Å². The smallest absolute Gasteiger partial charge is 0.223 e. The van der Waals surface area contributed by atoms with Gasteiger partial charge < -0.3 is 9.80 Å². The maximum absolute atomic E-state index is 12.7. The minimum Gasteiger partial charge on any atom is -0.343 e. The molecule has 0 saturated heterocycles. The van der Waals surface area contributed by atoms with Crippen molar-refractivity contribution in [3.63, 3.8) is 0 Å². The van der Waals surface area contributed by atoms with Gasteiger partial charge in [0.15, 0.2) is 0 Å². The highest BCUT2D eigenvalue weighted by molar-refractivity contribution is 7.99. The van der Waals surface area contributed by atoms with Crippen molar-refractivity contribution in [2.45, 2.75) is 118 Å². The monoisotopic (exact) mass is 456 g/mol. The van der Waals surface area contributed by atoms with E-state index in [2.05, 4.69) is 37.5 Å². The Hall–Kier alpha value is -0.710. The van der Waals surface area contributed by atoms with E-state index in [-0.39, 0.29) is 0 Å². The third-order valence-corrected chi connectivity index (χ3v) is 6.74. The van der Waals surface area contributed by atoms with Gasteiger partial charge in [-0.15, -0.1) is 0 Å². The second-order valence-electron chi connectivity index (χ2n) is 8.70. The minimum absolute atomic E-state index is 0.298. The number of nitrogens with zero attached hydrogens (tertiary/aromatic N) is 2. The molecular formula is C26H52N2O2S. The Morgan fingerprint density at radius 3 is 1.06 bits per heavy atom. The Kier molecular flexibility index (Phi) is 22.0. The maximum Gasteiger partial charge on any atom is 0.223 e. The van der Waals surface area contributed by atoms with Gasteiger partial charge in [0.25, 0.3) is 0 Å². The van der Waals surface area contributed by atoms with Gasteiger partial charge in [-0.05, 0) is 25.7 Å². The molecule has 0 unspecified atom stereocenters. The van der Waals surface area contributed by atoms with Gasteiger partial charge in [-0.1, -0.05) is 79.1 Å². The van der Waals surface area contributed by atoms with Gasteiger partial charge in [0.05, 0.1) is 0 Å². The molecule has 0 aromatic heterocycles. The SMILES string of the molecule is CCCCCN(CCCCC)C(=O)CCSCCC(=O)N(CCCCC)CCCCC. The lowest BCUT2D eigenvalue weighted by molar-refractivity contribution is -0.131. The molecule has 0 N–H and O–H groups in total. The van der Waals surface area contributed by atoms with E-state index in [1.165, 1.54) is 51.4 Å². The summed E-state index contributed by atoms with van der Waals surface area (Å²) in [4.78, 5) is 29.5. The fourth-order valence-corrected chi connectivity index (χ4v) is 4.51. The van der Waals surface area contributed by atoms with E-state index >= 15 is 0 Å². The van der Waals surface area contributed by atoms with Crippen LogP contribution in [0, 0.1) is 0 Å². The maximum atomic E-state index is 12.7. The summed E-state index contributed by atoms with van der Waals surface area (Å²) in [5.41, 5.74) is 0. The lowest BCUT2D eigenvalue weighted by Crippen LogP contribution is -2.33. The molecular weight excluding hydrogens is 404 g/mol. The Balaban J connectivity index is 4.24. The van der Waals surface area contributed by atoms with Gasteiger partial charge in [-0.3, -0.25) is 9.59 Å². The average Bonchev–Trinajstić information content (AvgIpc) is 2.76. The summed E-state index contributed by atoms with van der Waals surface area (Å²) < 4.78 is 0. The van der Waals surface area contributed by atoms with Crippen LogP contribution in [0.25, 0.3) is 0 Å². The van der Waals surface area contributed by atoms with Gasteiger partial charge in [0.2, 0.25) is 11.8 Å². The summed E-state index contributed by atoms with van der Waals surface area (Å²) in [6.45, 7) is 12.4. The molecule has 2 amide bonds. The van der Waals surface area contributed by atoms with E-state index in [9.17, 15) is 9.59 Å². The van der Waals surface area contributed by atoms with Crippen LogP contribution in [0.5, 0.6) is 0 Å². The first-order valence-electron chi connectivity index (χ1n) is 13.2. The largest absolute Gasteiger partial charge is 0.343 e. The zero-order valence-corrected chi connectivity index (χ0v) is 22.1. The number of rotatable bonds is 22. The lowest BCUT2D eigenvalue weighted by Gasteiger charge is -2.23. The molecule has 0 aromatic carbocycles. The molecule has 0 atom stereocenters. The number of carbonyl (C=O) groups excluding carboxylic acids is 2. The van der Waals surface area contributed by atoms with Crippen LogP contribution in [0.2, 0.25) is 0 Å². The summed E-state index contributed by atoms with van der Waals surface area (Å²) in [5.74, 6) is 2.25. The Morgan fingerprint density at radius 2 is 0.806 bits per heavy atom. The molecule has 0 aliphatic carbocycles. The third kappa shape index (κ3) is 17.5. The fraction of sp³-hybridized carbons (Fsp3) is 0.923. The zero-order chi connectivity index (χ0) is 23.2. The number of hydrogen-bond donors (Lipinski definition) is 0. The first-order valence-corrected chi connectivity index (χ1v) is 14.4. The molecule has 0 rings (SSSR count). The predicted molar refractivity (Wildman–Crippen MR) is 138 cm³/mol. The molecule has 0 fully saturated rings. The third-order valence-electron chi connectivity index (χ3n) is 5.75. The van der Waals surface area contributed by atoms with Gasteiger partial charge in [-0.2, -0.15) is 11.8 Å². The summed E-state index contributed by atoms with van der Waals surface area (Å²) in [5, 5.41) is 0. The second kappa shape index (κ2) is 22.5. The van der Waals surface area contributed by atoms with Crippen LogP contribution in [0.3, 0.4) is 0 Å². The summed E-state index contributed by atoms with van der Waals surface area (Å²) in [6, 6.07) is 0. The van der Waals surface area contributed by atoms with Crippen molar-refractivity contribution in [2.24, 2.45) is 0 Å². The van der Waals surface area contributed by atoms with E-state index < -0.39 is 0 Å². The number of hydrogen-bond acceptors (Lipinski definition) is 3. The predicted octanol–water partition coefficient (Wildman–Crippen LogP) is 6.92. The van der Waals surface area contributed by atoms with Crippen molar-refractivity contribution in [1.82, 2.24) is 9.80 Å². The Morgan fingerprint density at radius 1 is 0.516 bits per heavy atom. The van der Waals surface area contributed by atoms with E-state index in [1.54, 1.807) is 11.8 Å². The molecule has 0 spiro atoms. The molecule has 0 heterocycles. The molecule has 0 bridgehead atoms. The van der Waals surface area contributed by atoms with Gasteiger partial charge in [0.1, 0.15) is 0 Å². The quantitative estimate of drug-likeness (QED) is 0.166. The van der Waals surface area contributed by atoms with Crippen molar-refractivity contribution in [2.75, 3.05) is 37.7 Å². The summed E-state index contributed by atoms with van der Waals surface area (Å²) in [7, 11) is 0. The second-order valence-corrected chi connectivity index (χ2v) is 9.93. The molecule has 0 aliphatic heterocycles. The van der Waals surface area contributed by atoms with Gasteiger partial charge in [-0.25, -0.2) is 0 Å². The molecule has 0 aliphatic rings. The number of amides is 2. The van der Waals surface area contributed by atoms with Crippen molar-refractivity contribution in [3.05, 3.63) is 0 Å². The average molecular weight is 457 g/mol. The molecule has 0 radical (unpaired) electrons. The van der Waals surface area contributed by atoms with Crippen LogP contribution in [0.15, 0.2) is 0 Å². The van der Waals surface area contributed by atoms with Crippen LogP contribution < -0.4 is 0 Å². The standard InChI is InChI=1S/C26H52N2O2S/c1-5-9-13-19-27(20-14-10-6-2)25(29)17-23-31-24-18-26(30)28(21-15-11-7-3)22-16-12-8-4/h5-24H2,1-4H3. The van der Waals surface area contributed by atoms with E-state index in [1.807, 2.05) is 0 Å². The molecule has 0 aromatic rings. The van der Waals surface area contributed by atoms with E-state index in [0.29, 0.717) is 24.7 Å². The Bertz CT molecular complexity index is 374. The highest BCUT2D eigenvalue weighted by Gasteiger charge is 2.14. The lowest BCUT2D eigenvalue weighted by atomic mass is 10.2. The van der Waals surface area contributed by atoms with Crippen LogP contribution >= 0.6 is 11.8 Å². The fourth-order valence-electron chi connectivity index (χ4n) is 3.67. The number of thioether (sulfide) groups is 1. The number of carbonyl (C=O) groups is 2. The first kappa shape index (κ1) is 30.3. The van der Waals surface area contributed by atoms with Crippen molar-refractivity contribution in [3.8, 4) is 0 Å².